The Balaban J connectivity index is 2.32. The minimum absolute atomic E-state index is 0.0515. The molecule has 0 aliphatic carbocycles. The molecule has 1 aromatic heterocycles. The maximum Gasteiger partial charge on any atom is 0.337 e. The molecule has 1 N–H and O–H groups in total. The molecule has 0 aliphatic heterocycles. The number of carbonyl (C=O) groups is 1. The van der Waals surface area contributed by atoms with Gasteiger partial charge in [-0.2, -0.15) is 0 Å². The summed E-state index contributed by atoms with van der Waals surface area (Å²) in [5, 5.41) is 11.1. The first-order valence-corrected chi connectivity index (χ1v) is 9.01. The summed E-state index contributed by atoms with van der Waals surface area (Å²) in [4.78, 5) is 16.3. The lowest BCUT2D eigenvalue weighted by Crippen LogP contribution is -2.08. The first-order chi connectivity index (χ1) is 12.9. The van der Waals surface area contributed by atoms with Crippen LogP contribution in [0.5, 0.6) is 0 Å². The summed E-state index contributed by atoms with van der Waals surface area (Å²) in [6.07, 6.45) is 0. The van der Waals surface area contributed by atoms with E-state index < -0.39 is 5.97 Å². The Morgan fingerprint density at radius 3 is 2.26 bits per heavy atom. The van der Waals surface area contributed by atoms with Crippen molar-refractivity contribution in [3.8, 4) is 22.4 Å². The smallest absolute Gasteiger partial charge is 0.337 e. The van der Waals surface area contributed by atoms with Gasteiger partial charge >= 0.3 is 5.97 Å². The minimum atomic E-state index is -1.09. The molecule has 0 spiro atoms. The Bertz CT molecular complexity index is 1000. The number of benzene rings is 2. The molecule has 1 heterocycles. The predicted molar refractivity (Wildman–Crippen MR) is 108 cm³/mol. The van der Waals surface area contributed by atoms with E-state index in [0.29, 0.717) is 37.6 Å². The summed E-state index contributed by atoms with van der Waals surface area (Å²) in [5.74, 6) is -1.09. The predicted octanol–water partition coefficient (Wildman–Crippen LogP) is 6.22. The molecule has 2 aromatic carbocycles. The molecule has 7 heteroatoms. The van der Waals surface area contributed by atoms with E-state index in [0.717, 1.165) is 5.56 Å². The lowest BCUT2D eigenvalue weighted by atomic mass is 9.96. The first-order valence-electron chi connectivity index (χ1n) is 7.88. The summed E-state index contributed by atoms with van der Waals surface area (Å²) < 4.78 is 5.12. The molecule has 0 radical (unpaired) electrons. The van der Waals surface area contributed by atoms with Gasteiger partial charge in [-0.3, -0.25) is 0 Å². The van der Waals surface area contributed by atoms with Gasteiger partial charge in [0.1, 0.15) is 0 Å². The third-order valence-corrected chi connectivity index (χ3v) is 4.75. The van der Waals surface area contributed by atoms with Gasteiger partial charge in [0, 0.05) is 38.9 Å². The van der Waals surface area contributed by atoms with Crippen LogP contribution in [-0.2, 0) is 11.3 Å². The van der Waals surface area contributed by atoms with Crippen molar-refractivity contribution in [2.45, 2.75) is 6.61 Å². The monoisotopic (exact) mass is 421 g/mol. The molecule has 4 nitrogen and oxygen atoms in total. The van der Waals surface area contributed by atoms with Crippen LogP contribution in [-0.4, -0.2) is 23.2 Å². The molecule has 3 rings (SSSR count). The van der Waals surface area contributed by atoms with Crippen molar-refractivity contribution in [1.82, 2.24) is 4.98 Å². The molecular weight excluding hydrogens is 409 g/mol. The van der Waals surface area contributed by atoms with Crippen LogP contribution in [0, 0.1) is 0 Å². The van der Waals surface area contributed by atoms with Crippen LogP contribution < -0.4 is 0 Å². The highest BCUT2D eigenvalue weighted by atomic mass is 35.5. The van der Waals surface area contributed by atoms with Crippen molar-refractivity contribution >= 4 is 40.8 Å². The number of methoxy groups -OCH3 is 1. The fraction of sp³-hybridized carbons (Fsp3) is 0.100. The SMILES string of the molecule is COCc1nc(-c2ccc(Cl)cc2)c(-c2ccc(Cl)cc2Cl)cc1C(=O)O. The third kappa shape index (κ3) is 4.25. The number of pyridine rings is 1. The van der Waals surface area contributed by atoms with Crippen molar-refractivity contribution in [3.05, 3.63) is 74.9 Å². The van der Waals surface area contributed by atoms with E-state index in [1.54, 1.807) is 36.4 Å². The van der Waals surface area contributed by atoms with Crippen LogP contribution >= 0.6 is 34.8 Å². The number of aromatic nitrogens is 1. The Kier molecular flexibility index (Phi) is 6.02. The highest BCUT2D eigenvalue weighted by molar-refractivity contribution is 6.36. The Labute approximate surface area is 171 Å². The normalized spacial score (nSPS) is 10.8. The zero-order valence-corrected chi connectivity index (χ0v) is 16.4. The summed E-state index contributed by atoms with van der Waals surface area (Å²) >= 11 is 18.4. The van der Waals surface area contributed by atoms with E-state index in [1.165, 1.54) is 7.11 Å². The molecule has 27 heavy (non-hydrogen) atoms. The average Bonchev–Trinajstić information content (AvgIpc) is 2.62. The van der Waals surface area contributed by atoms with Crippen molar-refractivity contribution in [2.24, 2.45) is 0 Å². The number of ether oxygens (including phenoxy) is 1. The zero-order chi connectivity index (χ0) is 19.6. The quantitative estimate of drug-likeness (QED) is 0.530. The van der Waals surface area contributed by atoms with Gasteiger partial charge in [-0.15, -0.1) is 0 Å². The maximum absolute atomic E-state index is 11.7. The molecular formula is C20H14Cl3NO3. The molecule has 0 unspecified atom stereocenters. The summed E-state index contributed by atoms with van der Waals surface area (Å²) in [7, 11) is 1.49. The van der Waals surface area contributed by atoms with Crippen LogP contribution in [0.1, 0.15) is 16.1 Å². The number of nitrogens with zero attached hydrogens (tertiary/aromatic N) is 1. The maximum atomic E-state index is 11.7. The highest BCUT2D eigenvalue weighted by Crippen LogP contribution is 2.37. The lowest BCUT2D eigenvalue weighted by Gasteiger charge is -2.15. The average molecular weight is 423 g/mol. The van der Waals surface area contributed by atoms with Crippen molar-refractivity contribution in [1.29, 1.82) is 0 Å². The van der Waals surface area contributed by atoms with E-state index in [2.05, 4.69) is 4.98 Å². The van der Waals surface area contributed by atoms with Gasteiger partial charge in [0.05, 0.1) is 23.6 Å². The van der Waals surface area contributed by atoms with E-state index in [-0.39, 0.29) is 12.2 Å². The van der Waals surface area contributed by atoms with Gasteiger partial charge < -0.3 is 9.84 Å². The fourth-order valence-electron chi connectivity index (χ4n) is 2.72. The number of hydrogen-bond donors (Lipinski definition) is 1. The van der Waals surface area contributed by atoms with Crippen LogP contribution in [0.4, 0.5) is 0 Å². The van der Waals surface area contributed by atoms with Gasteiger partial charge in [0.25, 0.3) is 0 Å². The van der Waals surface area contributed by atoms with Crippen LogP contribution in [0.2, 0.25) is 15.1 Å². The number of carboxylic acids is 1. The van der Waals surface area contributed by atoms with E-state index >= 15 is 0 Å². The molecule has 0 bridgehead atoms. The van der Waals surface area contributed by atoms with E-state index in [1.807, 2.05) is 12.1 Å². The van der Waals surface area contributed by atoms with Crippen molar-refractivity contribution in [3.63, 3.8) is 0 Å². The molecule has 3 aromatic rings. The number of rotatable bonds is 5. The Morgan fingerprint density at radius 1 is 1.00 bits per heavy atom. The van der Waals surface area contributed by atoms with Crippen molar-refractivity contribution < 1.29 is 14.6 Å². The van der Waals surface area contributed by atoms with Crippen LogP contribution in [0.15, 0.2) is 48.5 Å². The fourth-order valence-corrected chi connectivity index (χ4v) is 3.36. The molecule has 0 saturated carbocycles. The topological polar surface area (TPSA) is 59.4 Å². The summed E-state index contributed by atoms with van der Waals surface area (Å²) in [6.45, 7) is 0.0663. The van der Waals surface area contributed by atoms with Gasteiger partial charge in [-0.25, -0.2) is 9.78 Å². The van der Waals surface area contributed by atoms with E-state index in [4.69, 9.17) is 39.5 Å². The largest absolute Gasteiger partial charge is 0.478 e. The molecule has 0 amide bonds. The van der Waals surface area contributed by atoms with Crippen LogP contribution in [0.3, 0.4) is 0 Å². The Morgan fingerprint density at radius 2 is 1.67 bits per heavy atom. The zero-order valence-electron chi connectivity index (χ0n) is 14.2. The minimum Gasteiger partial charge on any atom is -0.478 e. The second-order valence-electron chi connectivity index (χ2n) is 5.75. The molecule has 0 fully saturated rings. The number of hydrogen-bond acceptors (Lipinski definition) is 3. The van der Waals surface area contributed by atoms with Crippen molar-refractivity contribution in [2.75, 3.05) is 7.11 Å². The highest BCUT2D eigenvalue weighted by Gasteiger charge is 2.20. The first kappa shape index (κ1) is 19.6. The molecule has 0 saturated heterocycles. The number of halogens is 3. The van der Waals surface area contributed by atoms with Gasteiger partial charge in [0.15, 0.2) is 0 Å². The Hall–Kier alpha value is -2.11. The van der Waals surface area contributed by atoms with E-state index in [9.17, 15) is 9.90 Å². The molecule has 138 valence electrons. The second-order valence-corrected chi connectivity index (χ2v) is 7.03. The standard InChI is InChI=1S/C20H14Cl3NO3/c1-27-10-18-16(20(25)26)9-15(14-7-6-13(22)8-17(14)23)19(24-18)11-2-4-12(21)5-3-11/h2-9H,10H2,1H3,(H,25,26). The van der Waals surface area contributed by atoms with Gasteiger partial charge in [-0.05, 0) is 30.3 Å². The third-order valence-electron chi connectivity index (χ3n) is 3.95. The molecule has 0 aliphatic rings. The summed E-state index contributed by atoms with van der Waals surface area (Å²) in [5.41, 5.74) is 2.93. The second kappa shape index (κ2) is 8.28. The number of carboxylic acid groups (broad SMARTS) is 1. The lowest BCUT2D eigenvalue weighted by molar-refractivity contribution is 0.0691. The van der Waals surface area contributed by atoms with Gasteiger partial charge in [0.2, 0.25) is 0 Å². The number of aromatic carboxylic acids is 1. The van der Waals surface area contributed by atoms with Gasteiger partial charge in [-0.1, -0.05) is 53.0 Å². The molecule has 0 atom stereocenters. The summed E-state index contributed by atoms with van der Waals surface area (Å²) in [6, 6.07) is 13.7. The van der Waals surface area contributed by atoms with Crippen LogP contribution in [0.25, 0.3) is 22.4 Å².